The van der Waals surface area contributed by atoms with Gasteiger partial charge in [-0.3, -0.25) is 0 Å². The first-order chi connectivity index (χ1) is 9.41. The molecule has 0 spiro atoms. The third kappa shape index (κ3) is 20.8. The zero-order valence-electron chi connectivity index (χ0n) is 14.0. The van der Waals surface area contributed by atoms with Gasteiger partial charge in [0.15, 0.2) is 0 Å². The molecule has 20 heavy (non-hydrogen) atoms. The smallest absolute Gasteiger partial charge is 0.412 e. The van der Waals surface area contributed by atoms with Crippen LogP contribution in [-0.2, 0) is 0 Å². The SMILES string of the molecule is CCCCC/C=C\C/C=C\CCCCCCC[CH2][Na].O. The Morgan fingerprint density at radius 1 is 0.650 bits per heavy atom. The fraction of sp³-hybridized carbons (Fsp3) is 0.778. The van der Waals surface area contributed by atoms with Crippen LogP contribution in [0.25, 0.3) is 0 Å². The minimum atomic E-state index is 0. The molecule has 2 heteroatoms. The first-order valence-electron chi connectivity index (χ1n) is 8.71. The molecule has 0 aliphatic carbocycles. The molecule has 0 unspecified atom stereocenters. The molecule has 0 atom stereocenters. The second-order valence-corrected chi connectivity index (χ2v) is 6.58. The topological polar surface area (TPSA) is 31.5 Å². The van der Waals surface area contributed by atoms with Crippen molar-refractivity contribution in [1.29, 1.82) is 0 Å². The number of rotatable bonds is 14. The van der Waals surface area contributed by atoms with Gasteiger partial charge in [-0.25, -0.2) is 0 Å². The van der Waals surface area contributed by atoms with Gasteiger partial charge in [-0.15, -0.1) is 0 Å². The molecule has 0 rings (SSSR count). The van der Waals surface area contributed by atoms with Crippen LogP contribution >= 0.6 is 0 Å². The van der Waals surface area contributed by atoms with Crippen LogP contribution < -0.4 is 0 Å². The van der Waals surface area contributed by atoms with Crippen molar-refractivity contribution in [3.8, 4) is 0 Å². The van der Waals surface area contributed by atoms with Crippen LogP contribution in [0.4, 0.5) is 0 Å². The molecule has 0 bridgehead atoms. The van der Waals surface area contributed by atoms with Crippen molar-refractivity contribution < 1.29 is 5.48 Å². The molecule has 0 aliphatic rings. The zero-order valence-corrected chi connectivity index (χ0v) is 16.0. The molecular formula is C18H35NaO. The van der Waals surface area contributed by atoms with Crippen LogP contribution in [0.1, 0.15) is 84.0 Å². The van der Waals surface area contributed by atoms with Crippen molar-refractivity contribution in [2.24, 2.45) is 0 Å². The third-order valence-electron chi connectivity index (χ3n) is 3.55. The van der Waals surface area contributed by atoms with E-state index in [2.05, 4.69) is 31.2 Å². The number of allylic oxidation sites excluding steroid dienone is 4. The zero-order chi connectivity index (χ0) is 14.0. The van der Waals surface area contributed by atoms with Crippen molar-refractivity contribution in [2.75, 3.05) is 0 Å². The molecular weight excluding hydrogens is 255 g/mol. The van der Waals surface area contributed by atoms with Gasteiger partial charge in [0.25, 0.3) is 0 Å². The summed E-state index contributed by atoms with van der Waals surface area (Å²) >= 11 is 1.40. The predicted octanol–water partition coefficient (Wildman–Crippen LogP) is 5.56. The summed E-state index contributed by atoms with van der Waals surface area (Å²) in [5.41, 5.74) is 0. The Kier molecular flexibility index (Phi) is 24.7. The summed E-state index contributed by atoms with van der Waals surface area (Å²) in [4.78, 5) is 0. The monoisotopic (exact) mass is 290 g/mol. The largest absolute Gasteiger partial charge is 0.412 e. The van der Waals surface area contributed by atoms with Crippen LogP contribution in [0.3, 0.4) is 0 Å². The van der Waals surface area contributed by atoms with Crippen molar-refractivity contribution >= 4 is 27.9 Å². The number of hydrogen-bond donors (Lipinski definition) is 0. The molecule has 0 saturated heterocycles. The van der Waals surface area contributed by atoms with Gasteiger partial charge in [0.05, 0.1) is 0 Å². The molecule has 0 aromatic rings. The maximum absolute atomic E-state index is 2.37. The average molecular weight is 290 g/mol. The quantitative estimate of drug-likeness (QED) is 0.228. The molecule has 114 valence electrons. The van der Waals surface area contributed by atoms with Gasteiger partial charge in [-0.05, 0) is 12.8 Å². The second kappa shape index (κ2) is 21.7. The third-order valence-corrected chi connectivity index (χ3v) is 4.26. The van der Waals surface area contributed by atoms with Crippen LogP contribution in [-0.4, -0.2) is 33.4 Å². The standard InChI is InChI=1S/C18H33.Na.H2O/c1-3-5-7-9-11-13-15-17-18-16-14-12-10-8-6-4-2;;/h12,14,17-18H,1,3-11,13,15-16H2,2H3;;1H2/b14-12-,18-17-;;. The summed E-state index contributed by atoms with van der Waals surface area (Å²) in [5.74, 6) is 0. The van der Waals surface area contributed by atoms with Gasteiger partial charge in [-0.2, -0.15) is 0 Å². The van der Waals surface area contributed by atoms with Crippen molar-refractivity contribution in [2.45, 2.75) is 87.6 Å². The minimum Gasteiger partial charge on any atom is -0.412 e. The first kappa shape index (κ1) is 22.7. The van der Waals surface area contributed by atoms with E-state index in [0.29, 0.717) is 0 Å². The number of hydrogen-bond acceptors (Lipinski definition) is 0. The maximum Gasteiger partial charge on any atom is -0.412 e. The molecule has 0 amide bonds. The van der Waals surface area contributed by atoms with Gasteiger partial charge in [0.2, 0.25) is 0 Å². The van der Waals surface area contributed by atoms with E-state index in [-0.39, 0.29) is 5.48 Å². The number of unbranched alkanes of at least 4 members (excludes halogenated alkanes) is 9. The minimum absolute atomic E-state index is 0. The average Bonchev–Trinajstić information content (AvgIpc) is 2.43. The fourth-order valence-electron chi connectivity index (χ4n) is 2.24. The molecule has 2 N–H and O–H groups in total. The van der Waals surface area contributed by atoms with Crippen molar-refractivity contribution in [3.63, 3.8) is 0 Å². The summed E-state index contributed by atoms with van der Waals surface area (Å²) in [6, 6.07) is 0. The van der Waals surface area contributed by atoms with Crippen LogP contribution in [0.5, 0.6) is 0 Å². The van der Waals surface area contributed by atoms with E-state index >= 15 is 0 Å². The molecule has 0 heterocycles. The van der Waals surface area contributed by atoms with E-state index in [0.717, 1.165) is 6.42 Å². The molecule has 0 aliphatic heterocycles. The molecule has 0 radical (unpaired) electrons. The van der Waals surface area contributed by atoms with E-state index < -0.39 is 0 Å². The molecule has 0 aromatic carbocycles. The van der Waals surface area contributed by atoms with E-state index in [4.69, 9.17) is 0 Å². The van der Waals surface area contributed by atoms with E-state index in [1.807, 2.05) is 0 Å². The summed E-state index contributed by atoms with van der Waals surface area (Å²) in [6.45, 7) is 2.26. The predicted molar refractivity (Wildman–Crippen MR) is 93.5 cm³/mol. The van der Waals surface area contributed by atoms with Crippen molar-refractivity contribution in [1.82, 2.24) is 0 Å². The maximum atomic E-state index is 2.37. The molecule has 1 nitrogen and oxygen atoms in total. The Morgan fingerprint density at radius 2 is 1.15 bits per heavy atom. The Labute approximate surface area is 145 Å². The molecule has 0 aromatic heterocycles. The summed E-state index contributed by atoms with van der Waals surface area (Å²) in [6.07, 6.45) is 25.8. The first-order valence-corrected chi connectivity index (χ1v) is 10.1. The summed E-state index contributed by atoms with van der Waals surface area (Å²) in [5, 5.41) is 0. The second-order valence-electron chi connectivity index (χ2n) is 5.58. The van der Waals surface area contributed by atoms with E-state index in [9.17, 15) is 0 Å². The summed E-state index contributed by atoms with van der Waals surface area (Å²) in [7, 11) is 0. The van der Waals surface area contributed by atoms with Gasteiger partial charge >= 0.3 is 101 Å². The Morgan fingerprint density at radius 3 is 1.70 bits per heavy atom. The van der Waals surface area contributed by atoms with E-state index in [1.165, 1.54) is 102 Å². The Balaban J connectivity index is 0. The Bertz CT molecular complexity index is 211. The van der Waals surface area contributed by atoms with Crippen LogP contribution in [0.15, 0.2) is 24.3 Å². The van der Waals surface area contributed by atoms with Crippen LogP contribution in [0, 0.1) is 0 Å². The van der Waals surface area contributed by atoms with Crippen LogP contribution in [0.2, 0.25) is 3.67 Å². The van der Waals surface area contributed by atoms with Gasteiger partial charge in [0, 0.05) is 0 Å². The Hall–Kier alpha value is 0.440. The summed E-state index contributed by atoms with van der Waals surface area (Å²) < 4.78 is 1.49. The van der Waals surface area contributed by atoms with E-state index in [1.54, 1.807) is 0 Å². The van der Waals surface area contributed by atoms with Gasteiger partial charge in [0.1, 0.15) is 0 Å². The fourth-order valence-corrected chi connectivity index (χ4v) is 2.74. The molecule has 0 saturated carbocycles. The van der Waals surface area contributed by atoms with Crippen molar-refractivity contribution in [3.05, 3.63) is 24.3 Å². The normalized spacial score (nSPS) is 11.3. The van der Waals surface area contributed by atoms with Gasteiger partial charge < -0.3 is 5.48 Å². The molecule has 0 fully saturated rings. The van der Waals surface area contributed by atoms with Gasteiger partial charge in [-0.1, -0.05) is 25.8 Å².